The Hall–Kier alpha value is -2.63. The maximum atomic E-state index is 13.7. The van der Waals surface area contributed by atoms with Crippen LogP contribution in [0.15, 0.2) is 53.1 Å². The van der Waals surface area contributed by atoms with Crippen molar-refractivity contribution >= 4 is 22.0 Å². The average molecular weight is 408 g/mol. The highest BCUT2D eigenvalue weighted by Gasteiger charge is 2.59. The smallest absolute Gasteiger partial charge is 0.172 e. The van der Waals surface area contributed by atoms with Crippen LogP contribution in [-0.4, -0.2) is 4.90 Å². The Morgan fingerprint density at radius 1 is 1.15 bits per heavy atom. The van der Waals surface area contributed by atoms with E-state index in [1.807, 2.05) is 43.5 Å². The van der Waals surface area contributed by atoms with Gasteiger partial charge in [0.2, 0.25) is 0 Å². The van der Waals surface area contributed by atoms with Crippen molar-refractivity contribution in [3.8, 4) is 12.1 Å². The zero-order chi connectivity index (χ0) is 18.5. The zero-order valence-corrected chi connectivity index (χ0v) is 15.6. The van der Waals surface area contributed by atoms with Crippen molar-refractivity contribution in [2.45, 2.75) is 19.0 Å². The molecule has 3 nitrogen and oxygen atoms in total. The average Bonchev–Trinajstić information content (AvgIpc) is 2.92. The van der Waals surface area contributed by atoms with E-state index in [-0.39, 0.29) is 23.8 Å². The highest BCUT2D eigenvalue weighted by atomic mass is 79.9. The van der Waals surface area contributed by atoms with Crippen molar-refractivity contribution in [1.29, 1.82) is 10.5 Å². The molecule has 0 amide bonds. The van der Waals surface area contributed by atoms with Crippen LogP contribution in [0.3, 0.4) is 0 Å². The maximum Gasteiger partial charge on any atom is 0.172 e. The third-order valence-electron chi connectivity index (χ3n) is 5.61. The van der Waals surface area contributed by atoms with Gasteiger partial charge in [-0.25, -0.2) is 4.39 Å². The van der Waals surface area contributed by atoms with Gasteiger partial charge in [0.05, 0.1) is 28.7 Å². The lowest BCUT2D eigenvalue weighted by Crippen LogP contribution is -2.31. The SMILES string of the molecule is C[C@@H]1[C@@H](c2ccc(F)c(Br)c2)N2C=Cc3ccccc3[C@@H]2C1(C#N)C#N. The summed E-state index contributed by atoms with van der Waals surface area (Å²) in [4.78, 5) is 2.08. The summed E-state index contributed by atoms with van der Waals surface area (Å²) in [5.41, 5.74) is 1.70. The molecule has 2 aromatic rings. The minimum Gasteiger partial charge on any atom is -0.360 e. The molecular weight excluding hydrogens is 393 g/mol. The van der Waals surface area contributed by atoms with Gasteiger partial charge in [-0.05, 0) is 50.8 Å². The number of fused-ring (bicyclic) bond motifs is 3. The third-order valence-corrected chi connectivity index (χ3v) is 6.22. The molecule has 0 aromatic heterocycles. The molecule has 0 radical (unpaired) electrons. The summed E-state index contributed by atoms with van der Waals surface area (Å²) in [5, 5.41) is 20.0. The molecule has 2 aromatic carbocycles. The molecule has 3 atom stereocenters. The summed E-state index contributed by atoms with van der Waals surface area (Å²) in [6.07, 6.45) is 3.97. The van der Waals surface area contributed by atoms with E-state index < -0.39 is 5.41 Å². The number of halogens is 2. The van der Waals surface area contributed by atoms with Gasteiger partial charge in [-0.1, -0.05) is 37.3 Å². The van der Waals surface area contributed by atoms with Crippen LogP contribution in [0.5, 0.6) is 0 Å². The van der Waals surface area contributed by atoms with Crippen molar-refractivity contribution in [2.24, 2.45) is 11.3 Å². The van der Waals surface area contributed by atoms with E-state index in [1.165, 1.54) is 6.07 Å². The molecule has 0 aliphatic carbocycles. The predicted octanol–water partition coefficient (Wildman–Crippen LogP) is 5.34. The van der Waals surface area contributed by atoms with Gasteiger partial charge in [0, 0.05) is 12.1 Å². The second-order valence-corrected chi connectivity index (χ2v) is 7.65. The quantitative estimate of drug-likeness (QED) is 0.640. The van der Waals surface area contributed by atoms with Crippen LogP contribution in [0.4, 0.5) is 4.39 Å². The fourth-order valence-electron chi connectivity index (χ4n) is 4.32. The Morgan fingerprint density at radius 3 is 2.58 bits per heavy atom. The first kappa shape index (κ1) is 16.8. The van der Waals surface area contributed by atoms with E-state index in [9.17, 15) is 14.9 Å². The summed E-state index contributed by atoms with van der Waals surface area (Å²) in [6.45, 7) is 1.93. The topological polar surface area (TPSA) is 50.8 Å². The summed E-state index contributed by atoms with van der Waals surface area (Å²) in [7, 11) is 0. The van der Waals surface area contributed by atoms with E-state index in [4.69, 9.17) is 0 Å². The Bertz CT molecular complexity index is 987. The number of benzene rings is 2. The Balaban J connectivity index is 1.93. The highest BCUT2D eigenvalue weighted by Crippen LogP contribution is 2.60. The van der Waals surface area contributed by atoms with Crippen LogP contribution < -0.4 is 0 Å². The second-order valence-electron chi connectivity index (χ2n) is 6.79. The number of hydrogen-bond acceptors (Lipinski definition) is 3. The largest absolute Gasteiger partial charge is 0.360 e. The first-order valence-corrected chi connectivity index (χ1v) is 9.15. The molecule has 0 unspecified atom stereocenters. The van der Waals surface area contributed by atoms with Gasteiger partial charge < -0.3 is 4.90 Å². The molecular formula is C21H15BrFN3. The van der Waals surface area contributed by atoms with Crippen molar-refractivity contribution in [3.63, 3.8) is 0 Å². The van der Waals surface area contributed by atoms with Gasteiger partial charge in [0.25, 0.3) is 0 Å². The lowest BCUT2D eigenvalue weighted by molar-refractivity contribution is 0.254. The summed E-state index contributed by atoms with van der Waals surface area (Å²) >= 11 is 3.25. The van der Waals surface area contributed by atoms with E-state index in [0.29, 0.717) is 4.47 Å². The Labute approximate surface area is 160 Å². The first-order valence-electron chi connectivity index (χ1n) is 8.35. The van der Waals surface area contributed by atoms with Crippen LogP contribution in [0.2, 0.25) is 0 Å². The zero-order valence-electron chi connectivity index (χ0n) is 14.0. The van der Waals surface area contributed by atoms with Crippen LogP contribution in [-0.2, 0) is 0 Å². The minimum absolute atomic E-state index is 0.194. The first-order chi connectivity index (χ1) is 12.5. The fourth-order valence-corrected chi connectivity index (χ4v) is 4.72. The maximum absolute atomic E-state index is 13.7. The molecule has 26 heavy (non-hydrogen) atoms. The van der Waals surface area contributed by atoms with Crippen molar-refractivity contribution in [2.75, 3.05) is 0 Å². The molecule has 128 valence electrons. The normalized spacial score (nSPS) is 25.1. The summed E-state index contributed by atoms with van der Waals surface area (Å²) < 4.78 is 14.1. The van der Waals surface area contributed by atoms with Gasteiger partial charge in [-0.3, -0.25) is 0 Å². The standard InChI is InChI=1S/C21H15BrFN3/c1-13-19(15-6-7-18(23)17(22)10-15)26-9-8-14-4-2-3-5-16(14)20(26)21(13,11-24)12-25/h2-10,13,19-20H,1H3/t13-,19+,20-/m1/s1. The van der Waals surface area contributed by atoms with E-state index >= 15 is 0 Å². The Morgan fingerprint density at radius 2 is 1.88 bits per heavy atom. The lowest BCUT2D eigenvalue weighted by Gasteiger charge is -2.35. The molecule has 0 N–H and O–H groups in total. The van der Waals surface area contributed by atoms with Crippen molar-refractivity contribution in [3.05, 3.63) is 75.6 Å². The minimum atomic E-state index is -1.19. The molecule has 4 rings (SSSR count). The molecule has 2 aliphatic heterocycles. The molecule has 1 fully saturated rings. The highest BCUT2D eigenvalue weighted by molar-refractivity contribution is 9.10. The van der Waals surface area contributed by atoms with E-state index in [1.54, 1.807) is 12.1 Å². The van der Waals surface area contributed by atoms with Crippen molar-refractivity contribution in [1.82, 2.24) is 4.90 Å². The molecule has 0 spiro atoms. The van der Waals surface area contributed by atoms with Gasteiger partial charge >= 0.3 is 0 Å². The van der Waals surface area contributed by atoms with Crippen LogP contribution >= 0.6 is 15.9 Å². The van der Waals surface area contributed by atoms with Gasteiger partial charge in [-0.2, -0.15) is 10.5 Å². The monoisotopic (exact) mass is 407 g/mol. The molecule has 5 heteroatoms. The van der Waals surface area contributed by atoms with Crippen LogP contribution in [0, 0.1) is 39.8 Å². The second kappa shape index (κ2) is 5.97. The molecule has 2 heterocycles. The van der Waals surface area contributed by atoms with E-state index in [2.05, 4.69) is 33.0 Å². The molecule has 0 bridgehead atoms. The van der Waals surface area contributed by atoms with Gasteiger partial charge in [-0.15, -0.1) is 0 Å². The number of nitriles is 2. The summed E-state index contributed by atoms with van der Waals surface area (Å²) in [6, 6.07) is 16.8. The number of hydrogen-bond donors (Lipinski definition) is 0. The fraction of sp³-hybridized carbons (Fsp3) is 0.238. The van der Waals surface area contributed by atoms with E-state index in [0.717, 1.165) is 16.7 Å². The van der Waals surface area contributed by atoms with Crippen LogP contribution in [0.1, 0.15) is 35.7 Å². The predicted molar refractivity (Wildman–Crippen MR) is 99.7 cm³/mol. The van der Waals surface area contributed by atoms with Gasteiger partial charge in [0.15, 0.2) is 5.41 Å². The van der Waals surface area contributed by atoms with Crippen molar-refractivity contribution < 1.29 is 4.39 Å². The lowest BCUT2D eigenvalue weighted by atomic mass is 9.71. The molecule has 0 saturated carbocycles. The van der Waals surface area contributed by atoms with Crippen LogP contribution in [0.25, 0.3) is 6.08 Å². The number of rotatable bonds is 1. The summed E-state index contributed by atoms with van der Waals surface area (Å²) in [5.74, 6) is -0.585. The number of nitrogens with zero attached hydrogens (tertiary/aromatic N) is 3. The van der Waals surface area contributed by atoms with Gasteiger partial charge in [0.1, 0.15) is 5.82 Å². The molecule has 2 aliphatic rings. The molecule has 1 saturated heterocycles. The third kappa shape index (κ3) is 2.14. The Kier molecular flexibility index (Phi) is 3.86.